The Hall–Kier alpha value is -0.900. The molecule has 1 atom stereocenters. The molecule has 16 heavy (non-hydrogen) atoms. The predicted octanol–water partition coefficient (Wildman–Crippen LogP) is 2.95. The van der Waals surface area contributed by atoms with Crippen LogP contribution in [0.2, 0.25) is 0 Å². The number of rotatable bonds is 2. The summed E-state index contributed by atoms with van der Waals surface area (Å²) >= 11 is 0. The molecule has 0 spiro atoms. The second-order valence-corrected chi connectivity index (χ2v) is 4.17. The molecule has 1 unspecified atom stereocenters. The fraction of sp³-hybridized carbons (Fsp3) is 0.833. The maximum absolute atomic E-state index is 5.23. The molecule has 0 bridgehead atoms. The van der Waals surface area contributed by atoms with Crippen LogP contribution in [0.25, 0.3) is 0 Å². The molecule has 2 rings (SSSR count). The molecule has 0 aliphatic carbocycles. The normalized spacial score (nSPS) is 21.0. The largest absolute Gasteiger partial charge is 0.338 e. The highest BCUT2D eigenvalue weighted by atomic mass is 16.5. The molecule has 1 saturated heterocycles. The molecule has 92 valence electrons. The fourth-order valence-electron chi connectivity index (χ4n) is 2.12. The highest BCUT2D eigenvalue weighted by Gasteiger charge is 2.31. The lowest BCUT2D eigenvalue weighted by atomic mass is 10.2. The molecule has 1 aromatic rings. The van der Waals surface area contributed by atoms with Crippen molar-refractivity contribution in [2.75, 3.05) is 6.54 Å². The van der Waals surface area contributed by atoms with Crippen LogP contribution in [0, 0.1) is 6.92 Å². The molecular weight excluding hydrogens is 202 g/mol. The number of nitrogens with zero attached hydrogens (tertiary/aromatic N) is 3. The van der Waals surface area contributed by atoms with E-state index in [1.165, 1.54) is 6.42 Å². The molecule has 1 aliphatic rings. The first kappa shape index (κ1) is 13.2. The number of aromatic nitrogens is 2. The van der Waals surface area contributed by atoms with Gasteiger partial charge in [0.2, 0.25) is 5.89 Å². The van der Waals surface area contributed by atoms with Crippen LogP contribution in [0.3, 0.4) is 0 Å². The highest BCUT2D eigenvalue weighted by Crippen LogP contribution is 2.32. The van der Waals surface area contributed by atoms with E-state index in [9.17, 15) is 0 Å². The van der Waals surface area contributed by atoms with Crippen LogP contribution in [0.15, 0.2) is 4.52 Å². The van der Waals surface area contributed by atoms with Crippen LogP contribution in [0.1, 0.15) is 58.3 Å². The van der Waals surface area contributed by atoms with Gasteiger partial charge in [0.15, 0.2) is 5.82 Å². The third-order valence-electron chi connectivity index (χ3n) is 2.79. The van der Waals surface area contributed by atoms with Crippen LogP contribution in [-0.4, -0.2) is 27.6 Å². The van der Waals surface area contributed by atoms with Crippen LogP contribution >= 0.6 is 0 Å². The van der Waals surface area contributed by atoms with Gasteiger partial charge in [-0.3, -0.25) is 4.90 Å². The van der Waals surface area contributed by atoms with Crippen molar-refractivity contribution in [3.8, 4) is 0 Å². The zero-order chi connectivity index (χ0) is 12.1. The second-order valence-electron chi connectivity index (χ2n) is 4.17. The van der Waals surface area contributed by atoms with Crippen molar-refractivity contribution in [1.82, 2.24) is 15.0 Å². The summed E-state index contributed by atoms with van der Waals surface area (Å²) < 4.78 is 5.23. The molecule has 4 heteroatoms. The van der Waals surface area contributed by atoms with Crippen molar-refractivity contribution in [3.63, 3.8) is 0 Å². The van der Waals surface area contributed by atoms with Gasteiger partial charge in [0.25, 0.3) is 0 Å². The summed E-state index contributed by atoms with van der Waals surface area (Å²) in [5, 5.41) is 3.84. The minimum absolute atomic E-state index is 0.344. The monoisotopic (exact) mass is 225 g/mol. The van der Waals surface area contributed by atoms with E-state index in [4.69, 9.17) is 4.52 Å². The Labute approximate surface area is 98.0 Å². The second kappa shape index (κ2) is 5.99. The average Bonchev–Trinajstić information content (AvgIpc) is 2.88. The number of hydrogen-bond acceptors (Lipinski definition) is 4. The summed E-state index contributed by atoms with van der Waals surface area (Å²) in [4.78, 5) is 6.73. The van der Waals surface area contributed by atoms with Gasteiger partial charge in [-0.2, -0.15) is 4.98 Å². The summed E-state index contributed by atoms with van der Waals surface area (Å²) in [6, 6.07) is 0.894. The van der Waals surface area contributed by atoms with Gasteiger partial charge < -0.3 is 4.52 Å². The minimum atomic E-state index is 0.344. The Balaban J connectivity index is 0.000000606. The van der Waals surface area contributed by atoms with Gasteiger partial charge in [-0.15, -0.1) is 0 Å². The van der Waals surface area contributed by atoms with E-state index < -0.39 is 0 Å². The van der Waals surface area contributed by atoms with E-state index in [0.717, 1.165) is 24.7 Å². The lowest BCUT2D eigenvalue weighted by molar-refractivity contribution is 0.170. The smallest absolute Gasteiger partial charge is 0.243 e. The standard InChI is InChI=1S/C10H17N3O.C2H6/c1-7(2)13-6-4-5-9(13)10-11-8(3)12-14-10;1-2/h7,9H,4-6H2,1-3H3;1-2H3. The number of hydrogen-bond donors (Lipinski definition) is 0. The van der Waals surface area contributed by atoms with Crippen LogP contribution < -0.4 is 0 Å². The molecule has 1 aliphatic heterocycles. The van der Waals surface area contributed by atoms with E-state index in [2.05, 4.69) is 28.9 Å². The molecule has 4 nitrogen and oxygen atoms in total. The first-order chi connectivity index (χ1) is 7.68. The molecule has 1 aromatic heterocycles. The zero-order valence-corrected chi connectivity index (χ0v) is 11.0. The predicted molar refractivity (Wildman–Crippen MR) is 64.2 cm³/mol. The molecule has 0 amide bonds. The fourth-order valence-corrected chi connectivity index (χ4v) is 2.12. The maximum atomic E-state index is 5.23. The van der Waals surface area contributed by atoms with E-state index in [-0.39, 0.29) is 0 Å². The van der Waals surface area contributed by atoms with E-state index in [1.807, 2.05) is 20.8 Å². The molecule has 0 saturated carbocycles. The number of aryl methyl sites for hydroxylation is 1. The third-order valence-corrected chi connectivity index (χ3v) is 2.79. The van der Waals surface area contributed by atoms with Crippen LogP contribution in [0.5, 0.6) is 0 Å². The number of likely N-dealkylation sites (tertiary alicyclic amines) is 1. The van der Waals surface area contributed by atoms with Gasteiger partial charge in [0, 0.05) is 6.04 Å². The third kappa shape index (κ3) is 2.82. The van der Waals surface area contributed by atoms with Crippen molar-refractivity contribution in [2.24, 2.45) is 0 Å². The van der Waals surface area contributed by atoms with Crippen molar-refractivity contribution >= 4 is 0 Å². The Morgan fingerprint density at radius 1 is 1.38 bits per heavy atom. The first-order valence-electron chi connectivity index (χ1n) is 6.24. The SMILES string of the molecule is CC.Cc1noc(C2CCCN2C(C)C)n1. The maximum Gasteiger partial charge on any atom is 0.243 e. The Bertz CT molecular complexity index is 309. The summed E-state index contributed by atoms with van der Waals surface area (Å²) in [6.45, 7) is 11.4. The molecule has 0 radical (unpaired) electrons. The van der Waals surface area contributed by atoms with E-state index in [0.29, 0.717) is 12.1 Å². The van der Waals surface area contributed by atoms with Gasteiger partial charge in [-0.25, -0.2) is 0 Å². The Kier molecular flexibility index (Phi) is 4.93. The summed E-state index contributed by atoms with van der Waals surface area (Å²) in [6.07, 6.45) is 2.37. The van der Waals surface area contributed by atoms with Gasteiger partial charge >= 0.3 is 0 Å². The van der Waals surface area contributed by atoms with Crippen LogP contribution in [-0.2, 0) is 0 Å². The molecule has 1 fully saturated rings. The highest BCUT2D eigenvalue weighted by molar-refractivity contribution is 4.96. The Morgan fingerprint density at radius 3 is 2.56 bits per heavy atom. The van der Waals surface area contributed by atoms with Crippen molar-refractivity contribution < 1.29 is 4.52 Å². The lowest BCUT2D eigenvalue weighted by Gasteiger charge is -2.25. The molecule has 2 heterocycles. The quantitative estimate of drug-likeness (QED) is 0.776. The van der Waals surface area contributed by atoms with Gasteiger partial charge in [0.05, 0.1) is 6.04 Å². The van der Waals surface area contributed by atoms with E-state index in [1.54, 1.807) is 0 Å². The molecule has 0 aromatic carbocycles. The first-order valence-corrected chi connectivity index (χ1v) is 6.24. The zero-order valence-electron chi connectivity index (χ0n) is 11.0. The minimum Gasteiger partial charge on any atom is -0.338 e. The lowest BCUT2D eigenvalue weighted by Crippen LogP contribution is -2.30. The van der Waals surface area contributed by atoms with Crippen LogP contribution in [0.4, 0.5) is 0 Å². The van der Waals surface area contributed by atoms with Crippen molar-refractivity contribution in [1.29, 1.82) is 0 Å². The van der Waals surface area contributed by atoms with Gasteiger partial charge in [-0.05, 0) is 40.2 Å². The van der Waals surface area contributed by atoms with Gasteiger partial charge in [0.1, 0.15) is 0 Å². The summed E-state index contributed by atoms with van der Waals surface area (Å²) in [5.41, 5.74) is 0. The molecule has 0 N–H and O–H groups in total. The van der Waals surface area contributed by atoms with Crippen molar-refractivity contribution in [3.05, 3.63) is 11.7 Å². The average molecular weight is 225 g/mol. The van der Waals surface area contributed by atoms with Gasteiger partial charge in [-0.1, -0.05) is 19.0 Å². The topological polar surface area (TPSA) is 42.2 Å². The molecular formula is C12H23N3O. The van der Waals surface area contributed by atoms with E-state index >= 15 is 0 Å². The summed E-state index contributed by atoms with van der Waals surface area (Å²) in [5.74, 6) is 1.52. The van der Waals surface area contributed by atoms with Crippen molar-refractivity contribution in [2.45, 2.75) is 59.5 Å². The Morgan fingerprint density at radius 2 is 2.06 bits per heavy atom. The summed E-state index contributed by atoms with van der Waals surface area (Å²) in [7, 11) is 0.